The van der Waals surface area contributed by atoms with Crippen molar-refractivity contribution in [3.63, 3.8) is 0 Å². The maximum Gasteiger partial charge on any atom is 0.242 e. The molecule has 138 valence electrons. The average Bonchev–Trinajstić information content (AvgIpc) is 2.59. The second-order valence-electron chi connectivity index (χ2n) is 8.02. The molecular formula is C21H32N2O2. The Hall–Kier alpha value is -1.84. The van der Waals surface area contributed by atoms with E-state index < -0.39 is 5.41 Å². The fourth-order valence-corrected chi connectivity index (χ4v) is 3.25. The van der Waals surface area contributed by atoms with Gasteiger partial charge in [-0.15, -0.1) is 0 Å². The predicted octanol–water partition coefficient (Wildman–Crippen LogP) is 3.64. The first-order chi connectivity index (χ1) is 11.8. The van der Waals surface area contributed by atoms with Gasteiger partial charge in [0, 0.05) is 25.0 Å². The third kappa shape index (κ3) is 5.32. The Morgan fingerprint density at radius 1 is 1.12 bits per heavy atom. The van der Waals surface area contributed by atoms with Gasteiger partial charge < -0.3 is 9.80 Å². The third-order valence-electron chi connectivity index (χ3n) is 4.77. The van der Waals surface area contributed by atoms with Crippen molar-refractivity contribution < 1.29 is 9.59 Å². The van der Waals surface area contributed by atoms with Gasteiger partial charge in [0.2, 0.25) is 11.8 Å². The SMILES string of the molecule is CCCCCN(CC(=O)N1CCc2ccccc2C1)C(=O)C(C)(C)C. The van der Waals surface area contributed by atoms with Crippen LogP contribution in [0.1, 0.15) is 58.1 Å². The van der Waals surface area contributed by atoms with Crippen molar-refractivity contribution in [1.82, 2.24) is 9.80 Å². The Kier molecular flexibility index (Phi) is 6.63. The normalized spacial score (nSPS) is 14.2. The van der Waals surface area contributed by atoms with Gasteiger partial charge in [-0.25, -0.2) is 0 Å². The summed E-state index contributed by atoms with van der Waals surface area (Å²) >= 11 is 0. The number of rotatable bonds is 6. The van der Waals surface area contributed by atoms with Crippen LogP contribution < -0.4 is 0 Å². The van der Waals surface area contributed by atoms with E-state index in [0.29, 0.717) is 13.1 Å². The molecule has 2 amide bonds. The van der Waals surface area contributed by atoms with E-state index in [1.54, 1.807) is 4.90 Å². The minimum atomic E-state index is -0.457. The van der Waals surface area contributed by atoms with Crippen LogP contribution in [0.4, 0.5) is 0 Å². The Labute approximate surface area is 152 Å². The summed E-state index contributed by atoms with van der Waals surface area (Å²) in [5.74, 6) is 0.123. The van der Waals surface area contributed by atoms with Gasteiger partial charge in [-0.05, 0) is 24.0 Å². The molecule has 0 N–H and O–H groups in total. The van der Waals surface area contributed by atoms with Gasteiger partial charge in [0.05, 0.1) is 6.54 Å². The Morgan fingerprint density at radius 3 is 2.44 bits per heavy atom. The van der Waals surface area contributed by atoms with Crippen molar-refractivity contribution in [2.24, 2.45) is 5.41 Å². The van der Waals surface area contributed by atoms with Gasteiger partial charge in [0.25, 0.3) is 0 Å². The van der Waals surface area contributed by atoms with Crippen LogP contribution in [0.2, 0.25) is 0 Å². The average molecular weight is 344 g/mol. The maximum absolute atomic E-state index is 12.8. The van der Waals surface area contributed by atoms with Gasteiger partial charge in [-0.3, -0.25) is 9.59 Å². The smallest absolute Gasteiger partial charge is 0.242 e. The van der Waals surface area contributed by atoms with Crippen LogP contribution in [-0.4, -0.2) is 41.2 Å². The molecule has 0 spiro atoms. The van der Waals surface area contributed by atoms with Crippen LogP contribution in [-0.2, 0) is 22.6 Å². The molecule has 0 saturated heterocycles. The van der Waals surface area contributed by atoms with Gasteiger partial charge in [-0.1, -0.05) is 64.8 Å². The van der Waals surface area contributed by atoms with Crippen LogP contribution in [0.5, 0.6) is 0 Å². The molecule has 4 nitrogen and oxygen atoms in total. The van der Waals surface area contributed by atoms with Crippen LogP contribution in [0.15, 0.2) is 24.3 Å². The van der Waals surface area contributed by atoms with E-state index in [9.17, 15) is 9.59 Å². The lowest BCUT2D eigenvalue weighted by molar-refractivity contribution is -0.146. The number of nitrogens with zero attached hydrogens (tertiary/aromatic N) is 2. The minimum absolute atomic E-state index is 0.0589. The number of carbonyl (C=O) groups excluding carboxylic acids is 2. The summed E-state index contributed by atoms with van der Waals surface area (Å²) in [7, 11) is 0. The van der Waals surface area contributed by atoms with Crippen LogP contribution in [0.25, 0.3) is 0 Å². The summed E-state index contributed by atoms with van der Waals surface area (Å²) < 4.78 is 0. The molecule has 0 radical (unpaired) electrons. The highest BCUT2D eigenvalue weighted by atomic mass is 16.2. The van der Waals surface area contributed by atoms with E-state index in [-0.39, 0.29) is 18.4 Å². The first-order valence-electron chi connectivity index (χ1n) is 9.47. The lowest BCUT2D eigenvalue weighted by Crippen LogP contribution is -2.47. The number of unbranched alkanes of at least 4 members (excludes halogenated alkanes) is 2. The summed E-state index contributed by atoms with van der Waals surface area (Å²) in [4.78, 5) is 29.2. The molecule has 2 rings (SSSR count). The van der Waals surface area contributed by atoms with E-state index in [0.717, 1.165) is 32.2 Å². The molecule has 1 aliphatic rings. The molecule has 1 aromatic carbocycles. The van der Waals surface area contributed by atoms with Crippen LogP contribution in [0, 0.1) is 5.41 Å². The molecule has 1 heterocycles. The zero-order valence-corrected chi connectivity index (χ0v) is 16.2. The van der Waals surface area contributed by atoms with E-state index in [4.69, 9.17) is 0 Å². The summed E-state index contributed by atoms with van der Waals surface area (Å²) in [6.07, 6.45) is 4.03. The number of fused-ring (bicyclic) bond motifs is 1. The van der Waals surface area contributed by atoms with E-state index in [2.05, 4.69) is 19.1 Å². The number of amides is 2. The molecule has 0 unspecified atom stereocenters. The zero-order valence-electron chi connectivity index (χ0n) is 16.2. The Morgan fingerprint density at radius 2 is 1.80 bits per heavy atom. The highest BCUT2D eigenvalue weighted by molar-refractivity contribution is 5.87. The third-order valence-corrected chi connectivity index (χ3v) is 4.77. The number of carbonyl (C=O) groups is 2. The number of hydrogen-bond donors (Lipinski definition) is 0. The molecule has 25 heavy (non-hydrogen) atoms. The summed E-state index contributed by atoms with van der Waals surface area (Å²) in [6.45, 7) is 10.2. The first-order valence-corrected chi connectivity index (χ1v) is 9.47. The maximum atomic E-state index is 12.8. The van der Waals surface area contributed by atoms with E-state index in [1.807, 2.05) is 37.8 Å². The summed E-state index contributed by atoms with van der Waals surface area (Å²) in [6, 6.07) is 8.30. The molecule has 0 aromatic heterocycles. The fraction of sp³-hybridized carbons (Fsp3) is 0.619. The topological polar surface area (TPSA) is 40.6 Å². The molecular weight excluding hydrogens is 312 g/mol. The standard InChI is InChI=1S/C21H32N2O2/c1-5-6-9-13-23(20(25)21(2,3)4)16-19(24)22-14-12-17-10-7-8-11-18(17)15-22/h7-8,10-11H,5-6,9,12-16H2,1-4H3. The second-order valence-corrected chi connectivity index (χ2v) is 8.02. The number of hydrogen-bond acceptors (Lipinski definition) is 2. The quantitative estimate of drug-likeness (QED) is 0.739. The van der Waals surface area contributed by atoms with Crippen molar-refractivity contribution in [3.05, 3.63) is 35.4 Å². The highest BCUT2D eigenvalue weighted by Gasteiger charge is 2.30. The zero-order chi connectivity index (χ0) is 18.4. The highest BCUT2D eigenvalue weighted by Crippen LogP contribution is 2.21. The lowest BCUT2D eigenvalue weighted by Gasteiger charge is -2.33. The predicted molar refractivity (Wildman–Crippen MR) is 101 cm³/mol. The van der Waals surface area contributed by atoms with Crippen LogP contribution >= 0.6 is 0 Å². The molecule has 0 bridgehead atoms. The van der Waals surface area contributed by atoms with Gasteiger partial charge in [0.15, 0.2) is 0 Å². The van der Waals surface area contributed by atoms with Gasteiger partial charge in [0.1, 0.15) is 0 Å². The molecule has 0 atom stereocenters. The first kappa shape index (κ1) is 19.5. The molecule has 0 saturated carbocycles. The fourth-order valence-electron chi connectivity index (χ4n) is 3.25. The Bertz CT molecular complexity index is 604. The molecule has 1 aromatic rings. The molecule has 0 fully saturated rings. The monoisotopic (exact) mass is 344 g/mol. The largest absolute Gasteiger partial charge is 0.336 e. The second kappa shape index (κ2) is 8.50. The minimum Gasteiger partial charge on any atom is -0.336 e. The van der Waals surface area contributed by atoms with Crippen molar-refractivity contribution in [1.29, 1.82) is 0 Å². The van der Waals surface area contributed by atoms with Crippen molar-refractivity contribution >= 4 is 11.8 Å². The molecule has 0 aliphatic carbocycles. The van der Waals surface area contributed by atoms with E-state index in [1.165, 1.54) is 11.1 Å². The molecule has 4 heteroatoms. The van der Waals surface area contributed by atoms with Crippen LogP contribution in [0.3, 0.4) is 0 Å². The lowest BCUT2D eigenvalue weighted by atomic mass is 9.94. The van der Waals surface area contributed by atoms with Gasteiger partial charge in [-0.2, -0.15) is 0 Å². The van der Waals surface area contributed by atoms with Gasteiger partial charge >= 0.3 is 0 Å². The molecule has 1 aliphatic heterocycles. The summed E-state index contributed by atoms with van der Waals surface area (Å²) in [5.41, 5.74) is 2.10. The van der Waals surface area contributed by atoms with Crippen molar-refractivity contribution in [3.8, 4) is 0 Å². The Balaban J connectivity index is 2.02. The van der Waals surface area contributed by atoms with Crippen molar-refractivity contribution in [2.45, 2.75) is 59.9 Å². The summed E-state index contributed by atoms with van der Waals surface area (Å²) in [5, 5.41) is 0. The number of benzene rings is 1. The van der Waals surface area contributed by atoms with E-state index >= 15 is 0 Å². The van der Waals surface area contributed by atoms with Crippen molar-refractivity contribution in [2.75, 3.05) is 19.6 Å².